The number of thioether (sulfide) groups is 1. The molecule has 1 fully saturated rings. The maximum Gasteiger partial charge on any atom is 0.243 e. The van der Waals surface area contributed by atoms with Gasteiger partial charge in [0.15, 0.2) is 5.65 Å². The third-order valence-corrected chi connectivity index (χ3v) is 4.69. The van der Waals surface area contributed by atoms with Crippen LogP contribution in [0.5, 0.6) is 0 Å². The number of fused-ring (bicyclic) bond motifs is 1. The third-order valence-electron chi connectivity index (χ3n) is 3.60. The smallest absolute Gasteiger partial charge is 0.243 e. The van der Waals surface area contributed by atoms with Crippen molar-refractivity contribution in [3.63, 3.8) is 0 Å². The second-order valence-electron chi connectivity index (χ2n) is 4.88. The zero-order valence-corrected chi connectivity index (χ0v) is 11.6. The van der Waals surface area contributed by atoms with Gasteiger partial charge < -0.3 is 5.32 Å². The van der Waals surface area contributed by atoms with Gasteiger partial charge in [0.1, 0.15) is 0 Å². The van der Waals surface area contributed by atoms with Crippen LogP contribution in [-0.2, 0) is 0 Å². The molecule has 2 atom stereocenters. The van der Waals surface area contributed by atoms with Crippen LogP contribution in [0.2, 0.25) is 0 Å². The molecular weight excluding hydrogens is 244 g/mol. The fourth-order valence-electron chi connectivity index (χ4n) is 2.56. The summed E-state index contributed by atoms with van der Waals surface area (Å²) in [5.41, 5.74) is 2.03. The maximum absolute atomic E-state index is 4.52. The number of anilines is 1. The molecule has 2 unspecified atom stereocenters. The predicted octanol–water partition coefficient (Wildman–Crippen LogP) is 2.73. The summed E-state index contributed by atoms with van der Waals surface area (Å²) in [5.74, 6) is 0.760. The minimum Gasteiger partial charge on any atom is -0.350 e. The number of pyridine rings is 1. The fourth-order valence-corrected chi connectivity index (χ4v) is 3.36. The van der Waals surface area contributed by atoms with E-state index in [1.807, 2.05) is 41.4 Å². The first-order valence-electron chi connectivity index (χ1n) is 6.38. The maximum atomic E-state index is 4.52. The second-order valence-corrected chi connectivity index (χ2v) is 6.02. The molecular formula is C13H18N4S. The molecule has 0 bridgehead atoms. The Morgan fingerprint density at radius 1 is 1.39 bits per heavy atom. The van der Waals surface area contributed by atoms with Gasteiger partial charge in [-0.1, -0.05) is 6.07 Å². The van der Waals surface area contributed by atoms with Crippen molar-refractivity contribution in [2.75, 3.05) is 11.6 Å². The average molecular weight is 262 g/mol. The Labute approximate surface area is 111 Å². The van der Waals surface area contributed by atoms with Crippen molar-refractivity contribution in [1.29, 1.82) is 0 Å². The van der Waals surface area contributed by atoms with Crippen LogP contribution >= 0.6 is 11.8 Å². The lowest BCUT2D eigenvalue weighted by Gasteiger charge is -2.10. The highest BCUT2D eigenvalue weighted by Crippen LogP contribution is 2.29. The molecule has 18 heavy (non-hydrogen) atoms. The van der Waals surface area contributed by atoms with Gasteiger partial charge in [0.25, 0.3) is 0 Å². The Kier molecular flexibility index (Phi) is 3.16. The molecule has 2 heterocycles. The van der Waals surface area contributed by atoms with E-state index in [1.54, 1.807) is 0 Å². The zero-order chi connectivity index (χ0) is 12.5. The van der Waals surface area contributed by atoms with Crippen LogP contribution in [0.1, 0.15) is 25.0 Å². The fraction of sp³-hybridized carbons (Fsp3) is 0.538. The van der Waals surface area contributed by atoms with E-state index < -0.39 is 0 Å². The molecule has 4 nitrogen and oxygen atoms in total. The van der Waals surface area contributed by atoms with Crippen LogP contribution in [0.15, 0.2) is 18.2 Å². The first kappa shape index (κ1) is 11.8. The Morgan fingerprint density at radius 3 is 3.00 bits per heavy atom. The molecule has 1 saturated carbocycles. The summed E-state index contributed by atoms with van der Waals surface area (Å²) in [6, 6.07) is 6.58. The van der Waals surface area contributed by atoms with Gasteiger partial charge in [-0.3, -0.25) is 0 Å². The lowest BCUT2D eigenvalue weighted by atomic mass is 10.2. The number of hydrogen-bond donors (Lipinski definition) is 1. The zero-order valence-electron chi connectivity index (χ0n) is 10.8. The van der Waals surface area contributed by atoms with Gasteiger partial charge in [-0.25, -0.2) is 4.52 Å². The Morgan fingerprint density at radius 2 is 2.28 bits per heavy atom. The number of hydrogen-bond acceptors (Lipinski definition) is 4. The minimum atomic E-state index is 0.528. The van der Waals surface area contributed by atoms with E-state index in [2.05, 4.69) is 21.7 Å². The first-order chi connectivity index (χ1) is 8.76. The van der Waals surface area contributed by atoms with Gasteiger partial charge in [0, 0.05) is 17.0 Å². The first-order valence-corrected chi connectivity index (χ1v) is 7.67. The summed E-state index contributed by atoms with van der Waals surface area (Å²) in [7, 11) is 0. The van der Waals surface area contributed by atoms with Crippen molar-refractivity contribution in [2.24, 2.45) is 0 Å². The highest BCUT2D eigenvalue weighted by atomic mass is 32.2. The van der Waals surface area contributed by atoms with Crippen LogP contribution in [-0.4, -0.2) is 32.1 Å². The average Bonchev–Trinajstić information content (AvgIpc) is 2.96. The number of aromatic nitrogens is 3. The van der Waals surface area contributed by atoms with E-state index in [0.29, 0.717) is 6.04 Å². The van der Waals surface area contributed by atoms with Gasteiger partial charge >= 0.3 is 0 Å². The quantitative estimate of drug-likeness (QED) is 0.923. The van der Waals surface area contributed by atoms with Crippen LogP contribution in [0.3, 0.4) is 0 Å². The molecule has 0 radical (unpaired) electrons. The van der Waals surface area contributed by atoms with Gasteiger partial charge in [-0.15, -0.1) is 5.10 Å². The monoisotopic (exact) mass is 262 g/mol. The summed E-state index contributed by atoms with van der Waals surface area (Å²) in [6.07, 6.45) is 5.93. The highest BCUT2D eigenvalue weighted by molar-refractivity contribution is 7.99. The number of aryl methyl sites for hydroxylation is 1. The van der Waals surface area contributed by atoms with Crippen LogP contribution in [0, 0.1) is 6.92 Å². The van der Waals surface area contributed by atoms with Crippen molar-refractivity contribution in [3.05, 3.63) is 23.9 Å². The molecule has 0 saturated heterocycles. The van der Waals surface area contributed by atoms with E-state index in [1.165, 1.54) is 19.3 Å². The molecule has 3 rings (SSSR count). The molecule has 96 valence electrons. The van der Waals surface area contributed by atoms with Gasteiger partial charge in [0.2, 0.25) is 5.95 Å². The summed E-state index contributed by atoms with van der Waals surface area (Å²) in [6.45, 7) is 2.05. The topological polar surface area (TPSA) is 42.2 Å². The summed E-state index contributed by atoms with van der Waals surface area (Å²) in [5, 5.41) is 8.77. The Hall–Kier alpha value is -1.23. The molecule has 1 aliphatic rings. The molecule has 0 aliphatic heterocycles. The van der Waals surface area contributed by atoms with Gasteiger partial charge in [-0.2, -0.15) is 16.7 Å². The van der Waals surface area contributed by atoms with E-state index in [0.717, 1.165) is 22.5 Å². The van der Waals surface area contributed by atoms with E-state index in [9.17, 15) is 0 Å². The van der Waals surface area contributed by atoms with Crippen LogP contribution in [0.25, 0.3) is 5.65 Å². The molecule has 2 aromatic heterocycles. The van der Waals surface area contributed by atoms with Crippen molar-refractivity contribution in [1.82, 2.24) is 14.6 Å². The SMILES string of the molecule is CSC1CCC(Nc2nc3cccc(C)n3n2)C1. The Bertz CT molecular complexity index is 551. The van der Waals surface area contributed by atoms with Crippen molar-refractivity contribution < 1.29 is 0 Å². The largest absolute Gasteiger partial charge is 0.350 e. The molecule has 0 spiro atoms. The van der Waals surface area contributed by atoms with Crippen LogP contribution in [0.4, 0.5) is 5.95 Å². The number of rotatable bonds is 3. The summed E-state index contributed by atoms with van der Waals surface area (Å²) in [4.78, 5) is 4.52. The van der Waals surface area contributed by atoms with E-state index >= 15 is 0 Å². The van der Waals surface area contributed by atoms with Gasteiger partial charge in [-0.05, 0) is 44.6 Å². The molecule has 1 aliphatic carbocycles. The summed E-state index contributed by atoms with van der Waals surface area (Å²) < 4.78 is 1.89. The van der Waals surface area contributed by atoms with Crippen LogP contribution < -0.4 is 5.32 Å². The van der Waals surface area contributed by atoms with Crippen molar-refractivity contribution in [2.45, 2.75) is 37.5 Å². The molecule has 5 heteroatoms. The molecule has 1 N–H and O–H groups in total. The highest BCUT2D eigenvalue weighted by Gasteiger charge is 2.24. The molecule has 0 aromatic carbocycles. The van der Waals surface area contributed by atoms with Crippen molar-refractivity contribution >= 4 is 23.4 Å². The molecule has 2 aromatic rings. The predicted molar refractivity (Wildman–Crippen MR) is 76.3 cm³/mol. The Balaban J connectivity index is 1.77. The van der Waals surface area contributed by atoms with Gasteiger partial charge in [0.05, 0.1) is 0 Å². The number of nitrogens with zero attached hydrogens (tertiary/aromatic N) is 3. The normalized spacial score (nSPS) is 23.7. The molecule has 0 amide bonds. The van der Waals surface area contributed by atoms with E-state index in [4.69, 9.17) is 0 Å². The summed E-state index contributed by atoms with van der Waals surface area (Å²) >= 11 is 1.97. The lowest BCUT2D eigenvalue weighted by Crippen LogP contribution is -2.17. The lowest BCUT2D eigenvalue weighted by molar-refractivity contribution is 0.743. The minimum absolute atomic E-state index is 0.528. The van der Waals surface area contributed by atoms with E-state index in [-0.39, 0.29) is 0 Å². The standard InChI is InChI=1S/C13H18N4S/c1-9-4-3-5-12-15-13(16-17(9)12)14-10-6-7-11(8-10)18-2/h3-5,10-11H,6-8H2,1-2H3,(H,14,16). The van der Waals surface area contributed by atoms with Crippen molar-refractivity contribution in [3.8, 4) is 0 Å². The second kappa shape index (κ2) is 4.80. The number of nitrogens with one attached hydrogen (secondary N) is 1. The third kappa shape index (κ3) is 2.19.